The van der Waals surface area contributed by atoms with Crippen LogP contribution in [0.3, 0.4) is 0 Å². The maximum atomic E-state index is 11.6. The Morgan fingerprint density at radius 3 is 2.82 bits per heavy atom. The number of amides is 1. The van der Waals surface area contributed by atoms with Crippen LogP contribution >= 0.6 is 0 Å². The van der Waals surface area contributed by atoms with Gasteiger partial charge < -0.3 is 10.4 Å². The number of hydrogen-bond acceptors (Lipinski definition) is 3. The van der Waals surface area contributed by atoms with Crippen molar-refractivity contribution in [2.24, 2.45) is 0 Å². The maximum Gasteiger partial charge on any atom is 0.222 e. The van der Waals surface area contributed by atoms with E-state index in [2.05, 4.69) is 10.4 Å². The number of aryl methyl sites for hydroxylation is 3. The molecule has 5 heteroatoms. The molecule has 5 nitrogen and oxygen atoms in total. The zero-order valence-corrected chi connectivity index (χ0v) is 10.7. The lowest BCUT2D eigenvalue weighted by Crippen LogP contribution is -2.33. The molecule has 1 aromatic rings. The smallest absolute Gasteiger partial charge is 0.222 e. The average Bonchev–Trinajstić information content (AvgIpc) is 2.54. The molecular formula is C12H21N3O2. The molecule has 0 spiro atoms. The molecule has 1 heterocycles. The van der Waals surface area contributed by atoms with E-state index in [1.165, 1.54) is 0 Å². The highest BCUT2D eigenvalue weighted by molar-refractivity contribution is 5.76. The highest BCUT2D eigenvalue weighted by atomic mass is 16.3. The minimum atomic E-state index is -0.00139. The van der Waals surface area contributed by atoms with Gasteiger partial charge in [0.05, 0.1) is 5.69 Å². The molecule has 0 fully saturated rings. The molecule has 0 aliphatic rings. The molecule has 0 bridgehead atoms. The third-order valence-electron chi connectivity index (χ3n) is 2.62. The number of hydrogen-bond donors (Lipinski definition) is 2. The summed E-state index contributed by atoms with van der Waals surface area (Å²) in [6, 6.07) is 2.01. The summed E-state index contributed by atoms with van der Waals surface area (Å²) in [6.07, 6.45) is 1.00. The van der Waals surface area contributed by atoms with E-state index in [9.17, 15) is 4.79 Å². The summed E-state index contributed by atoms with van der Waals surface area (Å²) in [6.45, 7) is 6.49. The highest BCUT2D eigenvalue weighted by Crippen LogP contribution is 2.02. The number of carbonyl (C=O) groups excluding carboxylic acids is 1. The Morgan fingerprint density at radius 2 is 2.29 bits per heavy atom. The molecule has 1 rings (SSSR count). The normalized spacial score (nSPS) is 12.5. The Hall–Kier alpha value is -1.36. The van der Waals surface area contributed by atoms with Crippen molar-refractivity contribution in [3.8, 4) is 0 Å². The van der Waals surface area contributed by atoms with Gasteiger partial charge in [-0.2, -0.15) is 5.10 Å². The molecule has 0 aliphatic carbocycles. The second-order valence-corrected chi connectivity index (χ2v) is 4.38. The Morgan fingerprint density at radius 1 is 1.59 bits per heavy atom. The van der Waals surface area contributed by atoms with Crippen molar-refractivity contribution in [2.75, 3.05) is 6.61 Å². The monoisotopic (exact) mass is 239 g/mol. The predicted molar refractivity (Wildman–Crippen MR) is 65.6 cm³/mol. The van der Waals surface area contributed by atoms with Gasteiger partial charge in [0.25, 0.3) is 0 Å². The van der Waals surface area contributed by atoms with E-state index in [1.807, 2.05) is 31.5 Å². The Labute approximate surface area is 102 Å². The molecule has 1 unspecified atom stereocenters. The molecule has 2 N–H and O–H groups in total. The van der Waals surface area contributed by atoms with Crippen molar-refractivity contribution in [1.82, 2.24) is 15.1 Å². The first-order chi connectivity index (χ1) is 8.02. The van der Waals surface area contributed by atoms with Gasteiger partial charge in [-0.15, -0.1) is 0 Å². The van der Waals surface area contributed by atoms with E-state index in [1.54, 1.807) is 0 Å². The molecule has 0 saturated heterocycles. The van der Waals surface area contributed by atoms with E-state index in [4.69, 9.17) is 5.11 Å². The van der Waals surface area contributed by atoms with Crippen molar-refractivity contribution in [2.45, 2.75) is 46.2 Å². The number of rotatable bonds is 6. The molecule has 1 amide bonds. The first-order valence-electron chi connectivity index (χ1n) is 5.94. The van der Waals surface area contributed by atoms with Gasteiger partial charge >= 0.3 is 0 Å². The molecule has 0 aliphatic heterocycles. The standard InChI is InChI=1S/C12H21N3O2/c1-9(5-7-16)13-12(17)4-6-15-11(3)8-10(2)14-15/h8-9,16H,4-7H2,1-3H3,(H,13,17). The fourth-order valence-corrected chi connectivity index (χ4v) is 1.72. The summed E-state index contributed by atoms with van der Waals surface area (Å²) in [5.41, 5.74) is 2.04. The van der Waals surface area contributed by atoms with E-state index in [0.717, 1.165) is 11.4 Å². The van der Waals surface area contributed by atoms with Crippen LogP contribution in [0.25, 0.3) is 0 Å². The van der Waals surface area contributed by atoms with Crippen LogP contribution in [0, 0.1) is 13.8 Å². The zero-order chi connectivity index (χ0) is 12.8. The molecule has 17 heavy (non-hydrogen) atoms. The maximum absolute atomic E-state index is 11.6. The molecule has 0 aromatic carbocycles. The van der Waals surface area contributed by atoms with Gasteiger partial charge in [-0.25, -0.2) is 0 Å². The molecule has 0 radical (unpaired) electrons. The van der Waals surface area contributed by atoms with E-state index >= 15 is 0 Å². The van der Waals surface area contributed by atoms with Crippen LogP contribution in [0.15, 0.2) is 6.07 Å². The summed E-state index contributed by atoms with van der Waals surface area (Å²) in [4.78, 5) is 11.6. The van der Waals surface area contributed by atoms with Crippen molar-refractivity contribution in [3.63, 3.8) is 0 Å². The lowest BCUT2D eigenvalue weighted by Gasteiger charge is -2.12. The van der Waals surface area contributed by atoms with Crippen molar-refractivity contribution in [3.05, 3.63) is 17.5 Å². The second-order valence-electron chi connectivity index (χ2n) is 4.38. The van der Waals surface area contributed by atoms with Gasteiger partial charge in [-0.05, 0) is 33.3 Å². The first-order valence-corrected chi connectivity index (χ1v) is 5.94. The summed E-state index contributed by atoms with van der Waals surface area (Å²) in [7, 11) is 0. The Bertz CT molecular complexity index is 374. The SMILES string of the molecule is Cc1cc(C)n(CCC(=O)NC(C)CCO)n1. The van der Waals surface area contributed by atoms with Gasteiger partial charge in [-0.1, -0.05) is 0 Å². The zero-order valence-electron chi connectivity index (χ0n) is 10.7. The van der Waals surface area contributed by atoms with Gasteiger partial charge in [0.2, 0.25) is 5.91 Å². The Kier molecular flexibility index (Phi) is 5.15. The fraction of sp³-hybridized carbons (Fsp3) is 0.667. The molecule has 0 saturated carbocycles. The van der Waals surface area contributed by atoms with Crippen LogP contribution in [0.4, 0.5) is 0 Å². The average molecular weight is 239 g/mol. The van der Waals surface area contributed by atoms with Gasteiger partial charge in [-0.3, -0.25) is 9.48 Å². The molecule has 96 valence electrons. The minimum Gasteiger partial charge on any atom is -0.396 e. The van der Waals surface area contributed by atoms with Crippen LogP contribution in [0.2, 0.25) is 0 Å². The molecular weight excluding hydrogens is 218 g/mol. The summed E-state index contributed by atoms with van der Waals surface area (Å²) >= 11 is 0. The van der Waals surface area contributed by atoms with E-state index in [0.29, 0.717) is 19.4 Å². The van der Waals surface area contributed by atoms with Crippen LogP contribution < -0.4 is 5.32 Å². The number of carbonyl (C=O) groups is 1. The summed E-state index contributed by atoms with van der Waals surface area (Å²) < 4.78 is 1.84. The molecule has 1 atom stereocenters. The quantitative estimate of drug-likeness (QED) is 0.770. The second kappa shape index (κ2) is 6.39. The fourth-order valence-electron chi connectivity index (χ4n) is 1.72. The Balaban J connectivity index is 2.35. The third-order valence-corrected chi connectivity index (χ3v) is 2.62. The molecule has 1 aromatic heterocycles. The number of nitrogens with one attached hydrogen (secondary N) is 1. The lowest BCUT2D eigenvalue weighted by molar-refractivity contribution is -0.122. The first kappa shape index (κ1) is 13.7. The lowest BCUT2D eigenvalue weighted by atomic mass is 10.2. The number of aliphatic hydroxyl groups excluding tert-OH is 1. The number of aliphatic hydroxyl groups is 1. The van der Waals surface area contributed by atoms with E-state index in [-0.39, 0.29) is 18.6 Å². The minimum absolute atomic E-state index is 0.00139. The van der Waals surface area contributed by atoms with Crippen LogP contribution in [0.1, 0.15) is 31.2 Å². The topological polar surface area (TPSA) is 67.2 Å². The third kappa shape index (κ3) is 4.56. The van der Waals surface area contributed by atoms with Gasteiger partial charge in [0, 0.05) is 31.3 Å². The van der Waals surface area contributed by atoms with Crippen molar-refractivity contribution >= 4 is 5.91 Å². The van der Waals surface area contributed by atoms with Crippen LogP contribution in [0.5, 0.6) is 0 Å². The van der Waals surface area contributed by atoms with Crippen LogP contribution in [-0.4, -0.2) is 33.4 Å². The van der Waals surface area contributed by atoms with Gasteiger partial charge in [0.15, 0.2) is 0 Å². The van der Waals surface area contributed by atoms with Gasteiger partial charge in [0.1, 0.15) is 0 Å². The number of nitrogens with zero attached hydrogens (tertiary/aromatic N) is 2. The number of aromatic nitrogens is 2. The predicted octanol–water partition coefficient (Wildman–Crippen LogP) is 0.777. The highest BCUT2D eigenvalue weighted by Gasteiger charge is 2.08. The summed E-state index contributed by atoms with van der Waals surface area (Å²) in [5.74, 6) is -0.00139. The largest absolute Gasteiger partial charge is 0.396 e. The summed E-state index contributed by atoms with van der Waals surface area (Å²) in [5, 5.41) is 15.9. The van der Waals surface area contributed by atoms with Crippen LogP contribution in [-0.2, 0) is 11.3 Å². The van der Waals surface area contributed by atoms with Crippen molar-refractivity contribution < 1.29 is 9.90 Å². The van der Waals surface area contributed by atoms with E-state index < -0.39 is 0 Å². The van der Waals surface area contributed by atoms with Crippen molar-refractivity contribution in [1.29, 1.82) is 0 Å².